The summed E-state index contributed by atoms with van der Waals surface area (Å²) in [6.45, 7) is 3.91. The van der Waals surface area contributed by atoms with Gasteiger partial charge in [0.05, 0.1) is 6.04 Å². The van der Waals surface area contributed by atoms with E-state index in [1.165, 1.54) is 5.56 Å². The van der Waals surface area contributed by atoms with Gasteiger partial charge in [-0.2, -0.15) is 0 Å². The van der Waals surface area contributed by atoms with Gasteiger partial charge in [0.1, 0.15) is 0 Å². The number of carbonyl (C=O) groups is 1. The molecule has 5 heteroatoms. The van der Waals surface area contributed by atoms with Crippen LogP contribution in [-0.2, 0) is 11.2 Å². The first-order chi connectivity index (χ1) is 9.69. The van der Waals surface area contributed by atoms with Gasteiger partial charge in [-0.25, -0.2) is 0 Å². The highest BCUT2D eigenvalue weighted by atomic mass is 79.9. The van der Waals surface area contributed by atoms with Crippen LogP contribution in [0.5, 0.6) is 0 Å². The Morgan fingerprint density at radius 2 is 2.33 bits per heavy atom. The quantitative estimate of drug-likeness (QED) is 0.801. The van der Waals surface area contributed by atoms with Crippen molar-refractivity contribution in [2.24, 2.45) is 5.92 Å². The van der Waals surface area contributed by atoms with Gasteiger partial charge >= 0.3 is 0 Å². The summed E-state index contributed by atoms with van der Waals surface area (Å²) in [6.07, 6.45) is 4.15. The number of halogens is 2. The van der Waals surface area contributed by atoms with Crippen molar-refractivity contribution in [2.45, 2.75) is 38.6 Å². The third-order valence-corrected chi connectivity index (χ3v) is 4.43. The molecule has 118 valence electrons. The molecule has 0 aromatic heterocycles. The van der Waals surface area contributed by atoms with Gasteiger partial charge in [-0.1, -0.05) is 41.4 Å². The molecule has 0 spiro atoms. The van der Waals surface area contributed by atoms with E-state index in [0.29, 0.717) is 5.92 Å². The van der Waals surface area contributed by atoms with Gasteiger partial charge in [0.15, 0.2) is 0 Å². The van der Waals surface area contributed by atoms with Crippen LogP contribution in [0.4, 0.5) is 0 Å². The van der Waals surface area contributed by atoms with Crippen LogP contribution in [0.15, 0.2) is 28.7 Å². The molecule has 0 aliphatic carbocycles. The number of amides is 1. The van der Waals surface area contributed by atoms with Crippen molar-refractivity contribution in [2.75, 3.05) is 13.1 Å². The van der Waals surface area contributed by atoms with Crippen molar-refractivity contribution in [1.82, 2.24) is 10.6 Å². The fraction of sp³-hybridized carbons (Fsp3) is 0.562. The molecule has 1 fully saturated rings. The molecule has 2 rings (SSSR count). The van der Waals surface area contributed by atoms with Crippen molar-refractivity contribution < 1.29 is 4.79 Å². The Balaban J connectivity index is 0.00000220. The Kier molecular flexibility index (Phi) is 8.30. The van der Waals surface area contributed by atoms with Crippen LogP contribution >= 0.6 is 28.3 Å². The summed E-state index contributed by atoms with van der Waals surface area (Å²) < 4.78 is 1.11. The second-order valence-electron chi connectivity index (χ2n) is 5.50. The van der Waals surface area contributed by atoms with E-state index in [-0.39, 0.29) is 24.4 Å². The highest BCUT2D eigenvalue weighted by Crippen LogP contribution is 2.16. The molecule has 0 saturated carbocycles. The lowest BCUT2D eigenvalue weighted by Gasteiger charge is -2.18. The number of nitrogens with one attached hydrogen (secondary N) is 2. The first-order valence-electron chi connectivity index (χ1n) is 7.44. The van der Waals surface area contributed by atoms with Crippen LogP contribution in [0.3, 0.4) is 0 Å². The lowest BCUT2D eigenvalue weighted by atomic mass is 9.97. The predicted molar refractivity (Wildman–Crippen MR) is 92.9 cm³/mol. The van der Waals surface area contributed by atoms with Crippen molar-refractivity contribution in [3.8, 4) is 0 Å². The van der Waals surface area contributed by atoms with E-state index >= 15 is 0 Å². The molecular formula is C16H24BrClN2O. The van der Waals surface area contributed by atoms with E-state index in [2.05, 4.69) is 51.7 Å². The Labute approximate surface area is 141 Å². The first-order valence-corrected chi connectivity index (χ1v) is 8.24. The molecule has 1 aliphatic rings. The zero-order valence-electron chi connectivity index (χ0n) is 12.4. The van der Waals surface area contributed by atoms with E-state index in [0.717, 1.165) is 43.2 Å². The first kappa shape index (κ1) is 18.5. The Hall–Kier alpha value is -0.580. The highest BCUT2D eigenvalue weighted by molar-refractivity contribution is 9.10. The number of benzene rings is 1. The number of hydrogen-bond donors (Lipinski definition) is 2. The van der Waals surface area contributed by atoms with Gasteiger partial charge in [-0.15, -0.1) is 12.4 Å². The maximum Gasteiger partial charge on any atom is 0.237 e. The fourth-order valence-corrected chi connectivity index (χ4v) is 3.08. The monoisotopic (exact) mass is 374 g/mol. The molecule has 2 N–H and O–H groups in total. The molecule has 1 heterocycles. The number of carbonyl (C=O) groups excluding carboxylic acids is 1. The summed E-state index contributed by atoms with van der Waals surface area (Å²) >= 11 is 3.50. The van der Waals surface area contributed by atoms with E-state index in [1.54, 1.807) is 0 Å². The smallest absolute Gasteiger partial charge is 0.237 e. The highest BCUT2D eigenvalue weighted by Gasteiger charge is 2.22. The average Bonchev–Trinajstić information content (AvgIpc) is 2.97. The molecule has 1 aliphatic heterocycles. The summed E-state index contributed by atoms with van der Waals surface area (Å²) in [4.78, 5) is 12.0. The van der Waals surface area contributed by atoms with Crippen molar-refractivity contribution in [3.63, 3.8) is 0 Å². The zero-order chi connectivity index (χ0) is 14.4. The third kappa shape index (κ3) is 5.97. The van der Waals surface area contributed by atoms with Crippen LogP contribution in [-0.4, -0.2) is 25.0 Å². The van der Waals surface area contributed by atoms with E-state index in [4.69, 9.17) is 0 Å². The zero-order valence-corrected chi connectivity index (χ0v) is 14.8. The normalized spacial score (nSPS) is 18.9. The second kappa shape index (κ2) is 9.44. The van der Waals surface area contributed by atoms with E-state index in [1.807, 2.05) is 6.07 Å². The van der Waals surface area contributed by atoms with Gasteiger partial charge in [-0.05, 0) is 49.4 Å². The molecule has 2 atom stereocenters. The molecule has 0 radical (unpaired) electrons. The minimum Gasteiger partial charge on any atom is -0.354 e. The summed E-state index contributed by atoms with van der Waals surface area (Å²) in [7, 11) is 0. The summed E-state index contributed by atoms with van der Waals surface area (Å²) in [5, 5.41) is 6.33. The van der Waals surface area contributed by atoms with Gasteiger partial charge in [-0.3, -0.25) is 4.79 Å². The van der Waals surface area contributed by atoms with Crippen molar-refractivity contribution in [1.29, 1.82) is 0 Å². The van der Waals surface area contributed by atoms with Crippen LogP contribution in [0.2, 0.25) is 0 Å². The predicted octanol–water partition coefficient (Wildman–Crippen LogP) is 3.31. The van der Waals surface area contributed by atoms with Gasteiger partial charge in [0.2, 0.25) is 5.91 Å². The lowest BCUT2D eigenvalue weighted by Crippen LogP contribution is -2.42. The van der Waals surface area contributed by atoms with Gasteiger partial charge < -0.3 is 10.6 Å². The standard InChI is InChI=1S/C16H23BrN2O.ClH/c1-2-12(9-13-5-3-6-14(17)10-13)11-19-16(20)15-7-4-8-18-15;/h3,5-6,10,12,15,18H,2,4,7-9,11H2,1H3,(H,19,20);1H. The fourth-order valence-electron chi connectivity index (χ4n) is 2.63. The minimum absolute atomic E-state index is 0. The van der Waals surface area contributed by atoms with Gasteiger partial charge in [0.25, 0.3) is 0 Å². The minimum atomic E-state index is 0. The van der Waals surface area contributed by atoms with Crippen LogP contribution in [0.1, 0.15) is 31.7 Å². The van der Waals surface area contributed by atoms with Crippen LogP contribution < -0.4 is 10.6 Å². The molecular weight excluding hydrogens is 352 g/mol. The van der Waals surface area contributed by atoms with Crippen molar-refractivity contribution in [3.05, 3.63) is 34.3 Å². The molecule has 21 heavy (non-hydrogen) atoms. The average molecular weight is 376 g/mol. The third-order valence-electron chi connectivity index (χ3n) is 3.93. The van der Waals surface area contributed by atoms with Crippen molar-refractivity contribution >= 4 is 34.2 Å². The molecule has 3 nitrogen and oxygen atoms in total. The molecule has 2 unspecified atom stereocenters. The molecule has 1 saturated heterocycles. The Bertz CT molecular complexity index is 450. The number of hydrogen-bond acceptors (Lipinski definition) is 2. The maximum atomic E-state index is 12.0. The Morgan fingerprint density at radius 3 is 2.95 bits per heavy atom. The molecule has 0 bridgehead atoms. The summed E-state index contributed by atoms with van der Waals surface area (Å²) in [6, 6.07) is 8.43. The summed E-state index contributed by atoms with van der Waals surface area (Å²) in [5.41, 5.74) is 1.32. The Morgan fingerprint density at radius 1 is 1.52 bits per heavy atom. The second-order valence-corrected chi connectivity index (χ2v) is 6.42. The topological polar surface area (TPSA) is 41.1 Å². The van der Waals surface area contributed by atoms with Crippen LogP contribution in [0.25, 0.3) is 0 Å². The molecule has 1 amide bonds. The van der Waals surface area contributed by atoms with Gasteiger partial charge in [0, 0.05) is 11.0 Å². The van der Waals surface area contributed by atoms with E-state index < -0.39 is 0 Å². The lowest BCUT2D eigenvalue weighted by molar-refractivity contribution is -0.122. The molecule has 1 aromatic rings. The SMILES string of the molecule is CCC(CNC(=O)C1CCCN1)Cc1cccc(Br)c1.Cl. The van der Waals surface area contributed by atoms with E-state index in [9.17, 15) is 4.79 Å². The molecule has 1 aromatic carbocycles. The largest absolute Gasteiger partial charge is 0.354 e. The number of rotatable bonds is 6. The summed E-state index contributed by atoms with van der Waals surface area (Å²) in [5.74, 6) is 0.657. The van der Waals surface area contributed by atoms with Crippen LogP contribution in [0, 0.1) is 5.92 Å². The maximum absolute atomic E-state index is 12.0.